The Morgan fingerprint density at radius 2 is 2.05 bits per heavy atom. The Balaban J connectivity index is 2.00. The lowest BCUT2D eigenvalue weighted by atomic mass is 9.67. The van der Waals surface area contributed by atoms with Crippen molar-refractivity contribution in [3.05, 3.63) is 35.6 Å². The molecule has 0 spiro atoms. The summed E-state index contributed by atoms with van der Waals surface area (Å²) < 4.78 is 13.3. The smallest absolute Gasteiger partial charge is 0.123 e. The molecule has 0 aliphatic heterocycles. The molecule has 19 heavy (non-hydrogen) atoms. The summed E-state index contributed by atoms with van der Waals surface area (Å²) in [6.07, 6.45) is 8.54. The molecule has 0 saturated heterocycles. The van der Waals surface area contributed by atoms with Gasteiger partial charge >= 0.3 is 0 Å². The van der Waals surface area contributed by atoms with Crippen LogP contribution in [0.3, 0.4) is 0 Å². The highest BCUT2D eigenvalue weighted by atomic mass is 19.1. The number of rotatable bonds is 5. The molecule has 106 valence electrons. The Morgan fingerprint density at radius 1 is 1.32 bits per heavy atom. The molecule has 1 aromatic rings. The molecule has 0 heterocycles. The highest BCUT2D eigenvalue weighted by molar-refractivity contribution is 5.18. The van der Waals surface area contributed by atoms with Crippen molar-refractivity contribution >= 4 is 0 Å². The van der Waals surface area contributed by atoms with Crippen molar-refractivity contribution in [1.82, 2.24) is 0 Å². The maximum Gasteiger partial charge on any atom is 0.123 e. The first-order valence-corrected chi connectivity index (χ1v) is 7.62. The van der Waals surface area contributed by atoms with Crippen molar-refractivity contribution in [1.29, 1.82) is 0 Å². The fraction of sp³-hybridized carbons (Fsp3) is 0.647. The molecule has 0 unspecified atom stereocenters. The number of hydrogen-bond acceptors (Lipinski definition) is 1. The minimum atomic E-state index is -0.135. The van der Waals surface area contributed by atoms with Gasteiger partial charge in [0.2, 0.25) is 0 Å². The molecule has 1 nitrogen and oxygen atoms in total. The van der Waals surface area contributed by atoms with E-state index in [-0.39, 0.29) is 11.2 Å². The van der Waals surface area contributed by atoms with Crippen molar-refractivity contribution in [2.75, 3.05) is 6.54 Å². The van der Waals surface area contributed by atoms with E-state index in [9.17, 15) is 4.39 Å². The van der Waals surface area contributed by atoms with Gasteiger partial charge in [-0.15, -0.1) is 0 Å². The summed E-state index contributed by atoms with van der Waals surface area (Å²) in [6.45, 7) is 2.99. The summed E-state index contributed by atoms with van der Waals surface area (Å²) in [7, 11) is 0. The quantitative estimate of drug-likeness (QED) is 0.842. The third kappa shape index (κ3) is 3.79. The zero-order valence-electron chi connectivity index (χ0n) is 12.0. The van der Waals surface area contributed by atoms with E-state index in [0.717, 1.165) is 24.4 Å². The van der Waals surface area contributed by atoms with Gasteiger partial charge in [0.05, 0.1) is 0 Å². The van der Waals surface area contributed by atoms with Gasteiger partial charge in [-0.1, -0.05) is 31.9 Å². The van der Waals surface area contributed by atoms with Gasteiger partial charge in [0.25, 0.3) is 0 Å². The second-order valence-electron chi connectivity index (χ2n) is 6.24. The zero-order chi connectivity index (χ0) is 13.7. The molecule has 1 saturated carbocycles. The van der Waals surface area contributed by atoms with Gasteiger partial charge in [-0.05, 0) is 67.7 Å². The Labute approximate surface area is 116 Å². The minimum absolute atomic E-state index is 0.135. The van der Waals surface area contributed by atoms with E-state index in [1.807, 2.05) is 6.07 Å². The standard InChI is InChI=1S/C17H26FN/c1-2-4-14-7-9-17(13-19,10-8-14)12-15-5-3-6-16(18)11-15/h3,5-6,11,14H,2,4,7-10,12-13,19H2,1H3. The van der Waals surface area contributed by atoms with Gasteiger partial charge in [0, 0.05) is 0 Å². The van der Waals surface area contributed by atoms with Gasteiger partial charge in [0.1, 0.15) is 5.82 Å². The van der Waals surface area contributed by atoms with Crippen LogP contribution in [-0.4, -0.2) is 6.54 Å². The van der Waals surface area contributed by atoms with E-state index < -0.39 is 0 Å². The van der Waals surface area contributed by atoms with Crippen molar-refractivity contribution < 1.29 is 4.39 Å². The number of halogens is 1. The second-order valence-corrected chi connectivity index (χ2v) is 6.24. The lowest BCUT2D eigenvalue weighted by Crippen LogP contribution is -2.36. The van der Waals surface area contributed by atoms with Gasteiger partial charge in [-0.2, -0.15) is 0 Å². The third-order valence-electron chi connectivity index (χ3n) is 4.76. The molecule has 0 bridgehead atoms. The SMILES string of the molecule is CCCC1CCC(CN)(Cc2cccc(F)c2)CC1. The molecule has 2 heteroatoms. The van der Waals surface area contributed by atoms with Crippen LogP contribution < -0.4 is 5.73 Å². The van der Waals surface area contributed by atoms with Crippen LogP contribution in [0.2, 0.25) is 0 Å². The van der Waals surface area contributed by atoms with E-state index in [1.165, 1.54) is 44.6 Å². The topological polar surface area (TPSA) is 26.0 Å². The number of hydrogen-bond donors (Lipinski definition) is 1. The van der Waals surface area contributed by atoms with Gasteiger partial charge in [0.15, 0.2) is 0 Å². The van der Waals surface area contributed by atoms with Crippen LogP contribution in [0.1, 0.15) is 51.0 Å². The van der Waals surface area contributed by atoms with Crippen LogP contribution in [0.25, 0.3) is 0 Å². The second kappa shape index (κ2) is 6.51. The average Bonchev–Trinajstić information content (AvgIpc) is 2.42. The fourth-order valence-corrected chi connectivity index (χ4v) is 3.52. The first-order valence-electron chi connectivity index (χ1n) is 7.62. The number of nitrogens with two attached hydrogens (primary N) is 1. The minimum Gasteiger partial charge on any atom is -0.330 e. The zero-order valence-corrected chi connectivity index (χ0v) is 12.0. The van der Waals surface area contributed by atoms with E-state index >= 15 is 0 Å². The monoisotopic (exact) mass is 263 g/mol. The Kier molecular flexibility index (Phi) is 4.98. The average molecular weight is 263 g/mol. The highest BCUT2D eigenvalue weighted by Crippen LogP contribution is 2.42. The summed E-state index contributed by atoms with van der Waals surface area (Å²) in [5, 5.41) is 0. The van der Waals surface area contributed by atoms with Crippen LogP contribution in [0.5, 0.6) is 0 Å². The first kappa shape index (κ1) is 14.5. The molecule has 2 rings (SSSR count). The number of benzene rings is 1. The predicted molar refractivity (Wildman–Crippen MR) is 78.5 cm³/mol. The molecule has 1 fully saturated rings. The molecule has 1 aliphatic rings. The fourth-order valence-electron chi connectivity index (χ4n) is 3.52. The summed E-state index contributed by atoms with van der Waals surface area (Å²) in [5.41, 5.74) is 7.35. The molecular formula is C17H26FN. The van der Waals surface area contributed by atoms with Crippen LogP contribution >= 0.6 is 0 Å². The van der Waals surface area contributed by atoms with E-state index in [0.29, 0.717) is 0 Å². The van der Waals surface area contributed by atoms with E-state index in [4.69, 9.17) is 5.73 Å². The van der Waals surface area contributed by atoms with E-state index in [1.54, 1.807) is 12.1 Å². The third-order valence-corrected chi connectivity index (χ3v) is 4.76. The maximum absolute atomic E-state index is 13.3. The molecule has 1 aliphatic carbocycles. The largest absolute Gasteiger partial charge is 0.330 e. The Hall–Kier alpha value is -0.890. The van der Waals surface area contributed by atoms with Crippen molar-refractivity contribution in [3.8, 4) is 0 Å². The van der Waals surface area contributed by atoms with Crippen molar-refractivity contribution in [3.63, 3.8) is 0 Å². The highest BCUT2D eigenvalue weighted by Gasteiger charge is 2.33. The molecule has 0 aromatic heterocycles. The molecule has 0 amide bonds. The summed E-state index contributed by atoms with van der Waals surface area (Å²) >= 11 is 0. The molecule has 0 radical (unpaired) electrons. The molecular weight excluding hydrogens is 237 g/mol. The summed E-state index contributed by atoms with van der Waals surface area (Å²) in [5.74, 6) is 0.751. The van der Waals surface area contributed by atoms with Crippen LogP contribution in [0.15, 0.2) is 24.3 Å². The Bertz CT molecular complexity index is 394. The lowest BCUT2D eigenvalue weighted by molar-refractivity contribution is 0.150. The molecule has 1 aromatic carbocycles. The van der Waals surface area contributed by atoms with Gasteiger partial charge < -0.3 is 5.73 Å². The molecule has 0 atom stereocenters. The predicted octanol–water partition coefficient (Wildman–Crippen LogP) is 4.30. The summed E-state index contributed by atoms with van der Waals surface area (Å²) in [4.78, 5) is 0. The van der Waals surface area contributed by atoms with Crippen LogP contribution in [0.4, 0.5) is 4.39 Å². The van der Waals surface area contributed by atoms with Crippen LogP contribution in [-0.2, 0) is 6.42 Å². The molecule has 2 N–H and O–H groups in total. The maximum atomic E-state index is 13.3. The lowest BCUT2D eigenvalue weighted by Gasteiger charge is -2.39. The normalized spacial score (nSPS) is 27.4. The van der Waals surface area contributed by atoms with Crippen LogP contribution in [0, 0.1) is 17.2 Å². The van der Waals surface area contributed by atoms with Gasteiger partial charge in [-0.3, -0.25) is 0 Å². The van der Waals surface area contributed by atoms with Gasteiger partial charge in [-0.25, -0.2) is 4.39 Å². The Morgan fingerprint density at radius 3 is 2.63 bits per heavy atom. The van der Waals surface area contributed by atoms with Crippen molar-refractivity contribution in [2.24, 2.45) is 17.1 Å². The summed E-state index contributed by atoms with van der Waals surface area (Å²) in [6, 6.07) is 7.00. The van der Waals surface area contributed by atoms with E-state index in [2.05, 4.69) is 6.92 Å². The van der Waals surface area contributed by atoms with Crippen molar-refractivity contribution in [2.45, 2.75) is 51.9 Å². The first-order chi connectivity index (χ1) is 9.17.